The molecule has 0 radical (unpaired) electrons. The third-order valence-electron chi connectivity index (χ3n) is 2.77. The first-order chi connectivity index (χ1) is 8.52. The molecule has 0 aromatic heterocycles. The zero-order chi connectivity index (χ0) is 13.3. The minimum Gasteiger partial charge on any atom is -0.397 e. The molecule has 0 spiro atoms. The Labute approximate surface area is 110 Å². The number of hydrogen-bond donors (Lipinski definition) is 3. The van der Waals surface area contributed by atoms with Crippen LogP contribution >= 0.6 is 11.9 Å². The second-order valence-electron chi connectivity index (χ2n) is 4.13. The van der Waals surface area contributed by atoms with Gasteiger partial charge in [0.25, 0.3) is 0 Å². The Morgan fingerprint density at radius 2 is 2.11 bits per heavy atom. The summed E-state index contributed by atoms with van der Waals surface area (Å²) in [7, 11) is 1.83. The Bertz CT molecular complexity index is 527. The molecule has 6 heteroatoms. The number of nitrogens with one attached hydrogen (secondary N) is 1. The van der Waals surface area contributed by atoms with E-state index in [-0.39, 0.29) is 5.78 Å². The molecule has 2 rings (SSSR count). The van der Waals surface area contributed by atoms with Crippen LogP contribution in [-0.4, -0.2) is 23.8 Å². The van der Waals surface area contributed by atoms with Gasteiger partial charge in [-0.25, -0.2) is 5.43 Å². The number of hydrogen-bond acceptors (Lipinski definition) is 6. The fourth-order valence-electron chi connectivity index (χ4n) is 1.71. The summed E-state index contributed by atoms with van der Waals surface area (Å²) in [5, 5.41) is 0. The van der Waals surface area contributed by atoms with E-state index in [0.29, 0.717) is 16.9 Å². The number of Topliss-reactive ketones (excluding diaryl/α,β-unsaturated/α-hetero) is 1. The number of nitrogen functional groups attached to an aromatic ring is 2. The Balaban J connectivity index is 2.27. The van der Waals surface area contributed by atoms with Gasteiger partial charge in [0.15, 0.2) is 0 Å². The summed E-state index contributed by atoms with van der Waals surface area (Å²) in [5.41, 5.74) is 16.9. The molecule has 0 saturated carbocycles. The summed E-state index contributed by atoms with van der Waals surface area (Å²) in [5.74, 6) is -0.0121. The van der Waals surface area contributed by atoms with Gasteiger partial charge < -0.3 is 11.5 Å². The summed E-state index contributed by atoms with van der Waals surface area (Å²) in [6, 6.07) is 4.99. The van der Waals surface area contributed by atoms with Crippen molar-refractivity contribution in [3.63, 3.8) is 0 Å². The van der Waals surface area contributed by atoms with E-state index in [1.54, 1.807) is 18.2 Å². The number of rotatable bonds is 3. The van der Waals surface area contributed by atoms with Crippen LogP contribution in [0.25, 0.3) is 0 Å². The number of benzene rings is 1. The predicted octanol–water partition coefficient (Wildman–Crippen LogP) is 1.41. The Hall–Kier alpha value is -1.50. The van der Waals surface area contributed by atoms with E-state index in [1.165, 1.54) is 11.9 Å². The summed E-state index contributed by atoms with van der Waals surface area (Å²) < 4.78 is 1.91. The number of nitrogens with zero attached hydrogens (tertiary/aromatic N) is 1. The Morgan fingerprint density at radius 1 is 1.39 bits per heavy atom. The fraction of sp³-hybridized carbons (Fsp3) is 0.250. The molecule has 1 heterocycles. The van der Waals surface area contributed by atoms with Crippen LogP contribution in [0.2, 0.25) is 0 Å². The van der Waals surface area contributed by atoms with Crippen LogP contribution in [0.5, 0.6) is 0 Å². The van der Waals surface area contributed by atoms with Gasteiger partial charge in [-0.2, -0.15) is 4.41 Å². The van der Waals surface area contributed by atoms with Crippen molar-refractivity contribution in [3.05, 3.63) is 34.2 Å². The van der Waals surface area contributed by atoms with Gasteiger partial charge in [-0.05, 0) is 49.7 Å². The number of anilines is 2. The van der Waals surface area contributed by atoms with Crippen LogP contribution in [0.4, 0.5) is 11.4 Å². The van der Waals surface area contributed by atoms with Gasteiger partial charge in [0, 0.05) is 12.1 Å². The smallest absolute Gasteiger partial charge is 0.200 e. The van der Waals surface area contributed by atoms with Gasteiger partial charge >= 0.3 is 0 Å². The molecule has 18 heavy (non-hydrogen) atoms. The van der Waals surface area contributed by atoms with Crippen LogP contribution in [0.15, 0.2) is 28.7 Å². The maximum atomic E-state index is 12.4. The quantitative estimate of drug-likeness (QED) is 0.435. The maximum absolute atomic E-state index is 12.4. The van der Waals surface area contributed by atoms with Crippen LogP contribution in [-0.2, 0) is 0 Å². The summed E-state index contributed by atoms with van der Waals surface area (Å²) >= 11 is 1.41. The summed E-state index contributed by atoms with van der Waals surface area (Å²) in [4.78, 5) is 13.1. The third-order valence-corrected chi connectivity index (χ3v) is 4.02. The molecule has 0 fully saturated rings. The zero-order valence-electron chi connectivity index (χ0n) is 10.4. The van der Waals surface area contributed by atoms with Gasteiger partial charge in [-0.1, -0.05) is 0 Å². The average Bonchev–Trinajstić information content (AvgIpc) is 2.73. The average molecular weight is 264 g/mol. The molecule has 1 aromatic rings. The maximum Gasteiger partial charge on any atom is 0.200 e. The first-order valence-corrected chi connectivity index (χ1v) is 6.32. The monoisotopic (exact) mass is 264 g/mol. The van der Waals surface area contributed by atoms with Gasteiger partial charge in [-0.15, -0.1) is 0 Å². The molecule has 0 aliphatic carbocycles. The molecule has 1 aromatic carbocycles. The van der Waals surface area contributed by atoms with Crippen molar-refractivity contribution in [2.45, 2.75) is 6.92 Å². The number of ketones is 1. The van der Waals surface area contributed by atoms with E-state index in [2.05, 4.69) is 5.43 Å². The molecule has 0 saturated heterocycles. The Kier molecular flexibility index (Phi) is 3.60. The molecule has 0 amide bonds. The lowest BCUT2D eigenvalue weighted by molar-refractivity contribution is 0.104. The third kappa shape index (κ3) is 2.35. The van der Waals surface area contributed by atoms with Crippen molar-refractivity contribution in [2.75, 3.05) is 25.1 Å². The molecule has 1 aliphatic heterocycles. The van der Waals surface area contributed by atoms with Gasteiger partial charge in [0.2, 0.25) is 5.78 Å². The van der Waals surface area contributed by atoms with Gasteiger partial charge in [-0.3, -0.25) is 4.79 Å². The number of hydrazine groups is 1. The van der Waals surface area contributed by atoms with Crippen molar-refractivity contribution >= 4 is 29.1 Å². The van der Waals surface area contributed by atoms with E-state index in [9.17, 15) is 4.79 Å². The Morgan fingerprint density at radius 3 is 2.67 bits per heavy atom. The highest BCUT2D eigenvalue weighted by molar-refractivity contribution is 8.02. The van der Waals surface area contributed by atoms with Crippen molar-refractivity contribution in [1.29, 1.82) is 0 Å². The standard InChI is InChI=1S/C12H16N4OS/c1-7-6-16(15-2)18-12(7)11(17)8-3-4-9(13)10(14)5-8/h3-5,15H,6,13-14H2,1-2H3. The number of carbonyl (C=O) groups is 1. The van der Waals surface area contributed by atoms with Crippen molar-refractivity contribution < 1.29 is 4.79 Å². The molecule has 0 unspecified atom stereocenters. The summed E-state index contributed by atoms with van der Waals surface area (Å²) in [6.07, 6.45) is 0. The highest BCUT2D eigenvalue weighted by Gasteiger charge is 2.25. The summed E-state index contributed by atoms with van der Waals surface area (Å²) in [6.45, 7) is 2.69. The SMILES string of the molecule is CNN1CC(C)=C(C(=O)c2ccc(N)c(N)c2)S1. The molecule has 0 bridgehead atoms. The van der Waals surface area contributed by atoms with Crippen molar-refractivity contribution in [2.24, 2.45) is 0 Å². The van der Waals surface area contributed by atoms with E-state index < -0.39 is 0 Å². The molecule has 5 N–H and O–H groups in total. The first-order valence-electron chi connectivity index (χ1n) is 5.55. The van der Waals surface area contributed by atoms with Crippen LogP contribution in [0.1, 0.15) is 17.3 Å². The minimum absolute atomic E-state index is 0.0121. The van der Waals surface area contributed by atoms with Crippen LogP contribution in [0, 0.1) is 0 Å². The van der Waals surface area contributed by atoms with E-state index in [0.717, 1.165) is 17.0 Å². The first kappa shape index (κ1) is 12.9. The predicted molar refractivity (Wildman–Crippen MR) is 75.7 cm³/mol. The van der Waals surface area contributed by atoms with Crippen molar-refractivity contribution in [3.8, 4) is 0 Å². The van der Waals surface area contributed by atoms with E-state index >= 15 is 0 Å². The second kappa shape index (κ2) is 5.01. The highest BCUT2D eigenvalue weighted by Crippen LogP contribution is 2.33. The highest BCUT2D eigenvalue weighted by atomic mass is 32.2. The minimum atomic E-state index is -0.0121. The lowest BCUT2D eigenvalue weighted by Crippen LogP contribution is -2.26. The molecule has 1 aliphatic rings. The second-order valence-corrected chi connectivity index (χ2v) is 5.17. The van der Waals surface area contributed by atoms with E-state index in [4.69, 9.17) is 11.5 Å². The van der Waals surface area contributed by atoms with E-state index in [1.807, 2.05) is 18.4 Å². The topological polar surface area (TPSA) is 84.4 Å². The molecule has 96 valence electrons. The zero-order valence-corrected chi connectivity index (χ0v) is 11.2. The molecular weight excluding hydrogens is 248 g/mol. The number of nitrogens with two attached hydrogens (primary N) is 2. The van der Waals surface area contributed by atoms with Crippen molar-refractivity contribution in [1.82, 2.24) is 9.84 Å². The normalized spacial score (nSPS) is 16.3. The fourth-order valence-corrected chi connectivity index (χ4v) is 2.71. The molecule has 5 nitrogen and oxygen atoms in total. The number of carbonyl (C=O) groups excluding carboxylic acids is 1. The van der Waals surface area contributed by atoms with Crippen LogP contribution in [0.3, 0.4) is 0 Å². The molecule has 0 atom stereocenters. The van der Waals surface area contributed by atoms with Gasteiger partial charge in [0.1, 0.15) is 0 Å². The number of allylic oxidation sites excluding steroid dienone is 1. The lowest BCUT2D eigenvalue weighted by atomic mass is 10.1. The molecular formula is C12H16N4OS. The van der Waals surface area contributed by atoms with Crippen LogP contribution < -0.4 is 16.9 Å². The lowest BCUT2D eigenvalue weighted by Gasteiger charge is -2.11. The van der Waals surface area contributed by atoms with Gasteiger partial charge in [0.05, 0.1) is 16.3 Å². The largest absolute Gasteiger partial charge is 0.397 e.